The van der Waals surface area contributed by atoms with Crippen molar-refractivity contribution < 1.29 is 22.4 Å². The molecule has 0 spiro atoms. The Morgan fingerprint density at radius 2 is 1.94 bits per heavy atom. The van der Waals surface area contributed by atoms with Crippen molar-refractivity contribution >= 4 is 29.0 Å². The van der Waals surface area contributed by atoms with E-state index in [1.165, 1.54) is 31.2 Å². The lowest BCUT2D eigenvalue weighted by Gasteiger charge is -2.16. The molecule has 0 radical (unpaired) electrons. The van der Waals surface area contributed by atoms with Gasteiger partial charge in [0.2, 0.25) is 14.3 Å². The summed E-state index contributed by atoms with van der Waals surface area (Å²) in [5.74, 6) is 0. The summed E-state index contributed by atoms with van der Waals surface area (Å²) < 4.78 is 37.9. The molecule has 0 aliphatic heterocycles. The van der Waals surface area contributed by atoms with Crippen molar-refractivity contribution in [1.82, 2.24) is 0 Å². The Kier molecular flexibility index (Phi) is 4.75. The van der Waals surface area contributed by atoms with Crippen LogP contribution in [-0.4, -0.2) is 24.4 Å². The van der Waals surface area contributed by atoms with Gasteiger partial charge >= 0.3 is 7.60 Å². The predicted octanol–water partition coefficient (Wildman–Crippen LogP) is 2.20. The predicted molar refractivity (Wildman–Crippen MR) is 64.7 cm³/mol. The summed E-state index contributed by atoms with van der Waals surface area (Å²) in [4.78, 5) is 9.29. The van der Waals surface area contributed by atoms with Gasteiger partial charge < -0.3 is 9.42 Å². The standard InChI is InChI=1S/C9H12ClO5PS/c1-2-15-16(11,12)9(10)17(13,14)8-6-4-3-5-7-8/h3-7,9H,2H2,1H3,(H,11,12). The molecule has 0 aliphatic carbocycles. The zero-order chi connectivity index (χ0) is 13.1. The fourth-order valence-electron chi connectivity index (χ4n) is 1.14. The molecule has 0 aromatic heterocycles. The van der Waals surface area contributed by atoms with Gasteiger partial charge in [-0.05, 0) is 19.1 Å². The quantitative estimate of drug-likeness (QED) is 0.666. The fourth-order valence-corrected chi connectivity index (χ4v) is 4.82. The van der Waals surface area contributed by atoms with Crippen molar-refractivity contribution in [3.05, 3.63) is 30.3 Å². The van der Waals surface area contributed by atoms with Gasteiger partial charge in [-0.25, -0.2) is 8.42 Å². The summed E-state index contributed by atoms with van der Waals surface area (Å²) in [6, 6.07) is 7.23. The Morgan fingerprint density at radius 1 is 1.41 bits per heavy atom. The highest BCUT2D eigenvalue weighted by molar-refractivity contribution is 8.00. The minimum absolute atomic E-state index is 0.0959. The number of hydrogen-bond donors (Lipinski definition) is 1. The molecule has 1 aromatic carbocycles. The van der Waals surface area contributed by atoms with Crippen LogP contribution in [0.3, 0.4) is 0 Å². The second-order valence-corrected chi connectivity index (χ2v) is 8.42. The third-order valence-electron chi connectivity index (χ3n) is 1.90. The molecule has 0 saturated heterocycles. The van der Waals surface area contributed by atoms with Crippen LogP contribution in [0.2, 0.25) is 0 Å². The maximum Gasteiger partial charge on any atom is 0.361 e. The number of sulfone groups is 1. The number of alkyl halides is 1. The van der Waals surface area contributed by atoms with Crippen LogP contribution in [0.15, 0.2) is 35.2 Å². The van der Waals surface area contributed by atoms with Gasteiger partial charge in [-0.2, -0.15) is 0 Å². The number of benzene rings is 1. The zero-order valence-electron chi connectivity index (χ0n) is 8.98. The van der Waals surface area contributed by atoms with Gasteiger partial charge in [0, 0.05) is 0 Å². The molecule has 1 rings (SSSR count). The smallest absolute Gasteiger partial charge is 0.323 e. The topological polar surface area (TPSA) is 80.7 Å². The Balaban J connectivity index is 3.12. The summed E-state index contributed by atoms with van der Waals surface area (Å²) in [6.07, 6.45) is 0. The van der Waals surface area contributed by atoms with Crippen LogP contribution in [0.25, 0.3) is 0 Å². The molecule has 1 aromatic rings. The van der Waals surface area contributed by atoms with Crippen molar-refractivity contribution in [3.63, 3.8) is 0 Å². The maximum absolute atomic E-state index is 11.9. The van der Waals surface area contributed by atoms with Gasteiger partial charge in [-0.3, -0.25) is 4.57 Å². The van der Waals surface area contributed by atoms with Gasteiger partial charge in [0.25, 0.3) is 0 Å². The molecular formula is C9H12ClO5PS. The van der Waals surface area contributed by atoms with Crippen LogP contribution in [0, 0.1) is 0 Å². The number of halogens is 1. The molecule has 2 unspecified atom stereocenters. The summed E-state index contributed by atoms with van der Waals surface area (Å²) in [6.45, 7) is 1.38. The van der Waals surface area contributed by atoms with E-state index in [4.69, 9.17) is 11.6 Å². The van der Waals surface area contributed by atoms with Gasteiger partial charge in [0.1, 0.15) is 0 Å². The van der Waals surface area contributed by atoms with Crippen LogP contribution >= 0.6 is 19.2 Å². The third-order valence-corrected chi connectivity index (χ3v) is 7.56. The Hall–Kier alpha value is -0.390. The van der Waals surface area contributed by atoms with E-state index in [-0.39, 0.29) is 11.5 Å². The van der Waals surface area contributed by atoms with Crippen molar-refractivity contribution in [3.8, 4) is 0 Å². The van der Waals surface area contributed by atoms with Crippen molar-refractivity contribution in [2.75, 3.05) is 6.61 Å². The summed E-state index contributed by atoms with van der Waals surface area (Å²) in [5.41, 5.74) is 0. The monoisotopic (exact) mass is 298 g/mol. The lowest BCUT2D eigenvalue weighted by atomic mass is 10.4. The van der Waals surface area contributed by atoms with Gasteiger partial charge in [-0.15, -0.1) is 0 Å². The highest BCUT2D eigenvalue weighted by Crippen LogP contribution is 2.53. The maximum atomic E-state index is 11.9. The first-order valence-electron chi connectivity index (χ1n) is 4.72. The SMILES string of the molecule is CCOP(=O)(O)C(Cl)S(=O)(=O)c1ccccc1. The van der Waals surface area contributed by atoms with E-state index in [2.05, 4.69) is 4.52 Å². The molecule has 1 N–H and O–H groups in total. The molecule has 0 bridgehead atoms. The van der Waals surface area contributed by atoms with Crippen LogP contribution in [-0.2, 0) is 18.9 Å². The van der Waals surface area contributed by atoms with Crippen LogP contribution in [0.1, 0.15) is 6.92 Å². The van der Waals surface area contributed by atoms with Crippen molar-refractivity contribution in [1.29, 1.82) is 0 Å². The van der Waals surface area contributed by atoms with Crippen molar-refractivity contribution in [2.24, 2.45) is 0 Å². The molecule has 0 amide bonds. The average molecular weight is 299 g/mol. The minimum Gasteiger partial charge on any atom is -0.323 e. The molecule has 2 atom stereocenters. The Labute approximate surface area is 105 Å². The molecule has 96 valence electrons. The van der Waals surface area contributed by atoms with E-state index in [1.807, 2.05) is 0 Å². The Morgan fingerprint density at radius 3 is 2.41 bits per heavy atom. The Bertz CT molecular complexity index is 515. The second-order valence-electron chi connectivity index (χ2n) is 3.13. The average Bonchev–Trinajstić information content (AvgIpc) is 2.29. The first-order chi connectivity index (χ1) is 7.82. The van der Waals surface area contributed by atoms with Crippen LogP contribution in [0.5, 0.6) is 0 Å². The first kappa shape index (κ1) is 14.7. The largest absolute Gasteiger partial charge is 0.361 e. The highest BCUT2D eigenvalue weighted by Gasteiger charge is 2.42. The van der Waals surface area contributed by atoms with Gasteiger partial charge in [0.05, 0.1) is 11.5 Å². The van der Waals surface area contributed by atoms with Crippen molar-refractivity contribution in [2.45, 2.75) is 16.3 Å². The molecule has 0 saturated carbocycles. The number of hydrogen-bond acceptors (Lipinski definition) is 4. The molecule has 0 heterocycles. The summed E-state index contributed by atoms with van der Waals surface area (Å²) >= 11 is 5.55. The number of rotatable bonds is 5. The third kappa shape index (κ3) is 3.30. The highest BCUT2D eigenvalue weighted by atomic mass is 35.5. The van der Waals surface area contributed by atoms with Crippen LogP contribution in [0.4, 0.5) is 0 Å². The van der Waals surface area contributed by atoms with E-state index in [9.17, 15) is 17.9 Å². The van der Waals surface area contributed by atoms with Gasteiger partial charge in [0.15, 0.2) is 0 Å². The summed E-state index contributed by atoms with van der Waals surface area (Å²) in [5, 5.41) is 0. The van der Waals surface area contributed by atoms with E-state index in [0.29, 0.717) is 0 Å². The zero-order valence-corrected chi connectivity index (χ0v) is 11.5. The second kappa shape index (κ2) is 5.50. The van der Waals surface area contributed by atoms with E-state index in [0.717, 1.165) is 0 Å². The molecular weight excluding hydrogens is 287 g/mol. The first-order valence-corrected chi connectivity index (χ1v) is 8.35. The van der Waals surface area contributed by atoms with E-state index >= 15 is 0 Å². The van der Waals surface area contributed by atoms with E-state index < -0.39 is 21.9 Å². The fraction of sp³-hybridized carbons (Fsp3) is 0.333. The van der Waals surface area contributed by atoms with Crippen LogP contribution < -0.4 is 0 Å². The molecule has 0 fully saturated rings. The normalized spacial score (nSPS) is 17.4. The molecule has 17 heavy (non-hydrogen) atoms. The molecule has 0 aliphatic rings. The lowest BCUT2D eigenvalue weighted by molar-refractivity contribution is 0.275. The van der Waals surface area contributed by atoms with E-state index in [1.54, 1.807) is 6.07 Å². The summed E-state index contributed by atoms with van der Waals surface area (Å²) in [7, 11) is -8.48. The lowest BCUT2D eigenvalue weighted by Crippen LogP contribution is -2.17. The molecule has 8 heteroatoms. The molecule has 5 nitrogen and oxygen atoms in total. The minimum atomic E-state index is -4.39. The van der Waals surface area contributed by atoms with Gasteiger partial charge in [-0.1, -0.05) is 29.8 Å².